The van der Waals surface area contributed by atoms with E-state index in [4.69, 9.17) is 23.2 Å². The molecule has 0 radical (unpaired) electrons. The molecule has 0 amide bonds. The zero-order valence-electron chi connectivity index (χ0n) is 21.2. The molecular formula is C30H28Cl2N4O. The lowest BCUT2D eigenvalue weighted by atomic mass is 9.78. The van der Waals surface area contributed by atoms with Gasteiger partial charge in [0.25, 0.3) is 5.56 Å². The Kier molecular flexibility index (Phi) is 6.71. The average molecular weight is 531 g/mol. The largest absolute Gasteiger partial charge is 0.335 e. The molecule has 7 heteroatoms. The fourth-order valence-electron chi connectivity index (χ4n) is 5.14. The summed E-state index contributed by atoms with van der Waals surface area (Å²) in [6.45, 7) is 4.26. The van der Waals surface area contributed by atoms with E-state index in [9.17, 15) is 4.79 Å². The molecule has 0 aliphatic carbocycles. The first-order chi connectivity index (χ1) is 17.7. The molecule has 1 atom stereocenters. The van der Waals surface area contributed by atoms with Crippen LogP contribution in [0.2, 0.25) is 10.0 Å². The fraction of sp³-hybridized carbons (Fsp3) is 0.200. The Labute approximate surface area is 226 Å². The predicted molar refractivity (Wildman–Crippen MR) is 152 cm³/mol. The first-order valence-electron chi connectivity index (χ1n) is 12.1. The lowest BCUT2D eigenvalue weighted by Gasteiger charge is -2.38. The summed E-state index contributed by atoms with van der Waals surface area (Å²) >= 11 is 12.6. The lowest BCUT2D eigenvalue weighted by molar-refractivity contribution is 0.406. The monoisotopic (exact) mass is 530 g/mol. The molecule has 1 unspecified atom stereocenters. The summed E-state index contributed by atoms with van der Waals surface area (Å²) in [5, 5.41) is 6.10. The van der Waals surface area contributed by atoms with Gasteiger partial charge in [-0.05, 0) is 72.5 Å². The van der Waals surface area contributed by atoms with Crippen LogP contribution in [-0.4, -0.2) is 20.2 Å². The molecule has 0 fully saturated rings. The number of halogens is 2. The van der Waals surface area contributed by atoms with Gasteiger partial charge in [-0.2, -0.15) is 0 Å². The van der Waals surface area contributed by atoms with E-state index in [-0.39, 0.29) is 11.6 Å². The molecule has 0 saturated heterocycles. The highest BCUT2D eigenvalue weighted by atomic mass is 35.5. The van der Waals surface area contributed by atoms with Crippen LogP contribution < -0.4 is 10.9 Å². The zero-order valence-corrected chi connectivity index (χ0v) is 22.7. The molecule has 1 N–H and O–H groups in total. The van der Waals surface area contributed by atoms with Gasteiger partial charge in [-0.3, -0.25) is 10.1 Å². The number of fused-ring (bicyclic) bond motifs is 1. The maximum absolute atomic E-state index is 12.9. The second kappa shape index (κ2) is 9.82. The van der Waals surface area contributed by atoms with E-state index in [0.717, 1.165) is 38.9 Å². The Morgan fingerprint density at radius 1 is 0.892 bits per heavy atom. The number of hydrogen-bond donors (Lipinski definition) is 1. The molecule has 37 heavy (non-hydrogen) atoms. The molecule has 0 aliphatic rings. The van der Waals surface area contributed by atoms with E-state index in [1.807, 2.05) is 78.7 Å². The predicted octanol–water partition coefficient (Wildman–Crippen LogP) is 6.54. The molecule has 3 aromatic carbocycles. The first kappa shape index (κ1) is 25.3. The summed E-state index contributed by atoms with van der Waals surface area (Å²) in [5.41, 5.74) is 4.78. The third kappa shape index (κ3) is 4.48. The maximum atomic E-state index is 12.9. The van der Waals surface area contributed by atoms with E-state index in [1.54, 1.807) is 17.7 Å². The summed E-state index contributed by atoms with van der Waals surface area (Å²) in [5.74, 6) is 0. The highest BCUT2D eigenvalue weighted by Gasteiger charge is 2.39. The number of aromatic nitrogens is 3. The van der Waals surface area contributed by atoms with Gasteiger partial charge in [0.05, 0.1) is 23.7 Å². The minimum absolute atomic E-state index is 0.0777. The molecule has 188 valence electrons. The third-order valence-corrected chi connectivity index (χ3v) is 7.29. The van der Waals surface area contributed by atoms with Crippen LogP contribution in [0.25, 0.3) is 22.0 Å². The van der Waals surface area contributed by atoms with E-state index in [1.165, 1.54) is 0 Å². The smallest absolute Gasteiger partial charge is 0.251 e. The number of rotatable bonds is 6. The van der Waals surface area contributed by atoms with Crippen molar-refractivity contribution in [2.45, 2.75) is 25.4 Å². The van der Waals surface area contributed by atoms with Crippen LogP contribution in [0.1, 0.15) is 30.7 Å². The van der Waals surface area contributed by atoms with E-state index < -0.39 is 5.54 Å². The Balaban J connectivity index is 1.89. The summed E-state index contributed by atoms with van der Waals surface area (Å²) in [6.07, 6.45) is 3.71. The second-order valence-corrected chi connectivity index (χ2v) is 10.5. The highest BCUT2D eigenvalue weighted by molar-refractivity contribution is 6.31. The van der Waals surface area contributed by atoms with Crippen LogP contribution in [0.4, 0.5) is 0 Å². The van der Waals surface area contributed by atoms with Gasteiger partial charge >= 0.3 is 0 Å². The summed E-state index contributed by atoms with van der Waals surface area (Å²) in [4.78, 5) is 17.4. The standard InChI is InChI=1S/C30H28Cl2N4O/c1-19(2)34-30(28-17-33-18-35(28)3,21-8-11-23(31)12-9-21)22-10-13-27-26(15-22)25(16-29(37)36(27)4)20-6-5-7-24(32)14-20/h5-19,34H,1-4H3. The van der Waals surface area contributed by atoms with Crippen molar-refractivity contribution in [2.24, 2.45) is 14.1 Å². The summed E-state index contributed by atoms with van der Waals surface area (Å²) in [6, 6.07) is 23.6. The van der Waals surface area contributed by atoms with Gasteiger partial charge in [-0.1, -0.05) is 53.5 Å². The SMILES string of the molecule is CC(C)NC(c1ccc(Cl)cc1)(c1ccc2c(c1)c(-c1cccc(Cl)c1)cc(=O)n2C)c1cncn1C. The van der Waals surface area contributed by atoms with Crippen molar-refractivity contribution >= 4 is 34.1 Å². The highest BCUT2D eigenvalue weighted by Crippen LogP contribution is 2.40. The molecule has 5 aromatic rings. The Morgan fingerprint density at radius 3 is 2.27 bits per heavy atom. The minimum atomic E-state index is -0.738. The topological polar surface area (TPSA) is 51.9 Å². The van der Waals surface area contributed by atoms with Crippen LogP contribution >= 0.6 is 23.2 Å². The van der Waals surface area contributed by atoms with Gasteiger partial charge in [0.2, 0.25) is 0 Å². The maximum Gasteiger partial charge on any atom is 0.251 e. The molecule has 0 aliphatic heterocycles. The number of hydrogen-bond acceptors (Lipinski definition) is 3. The van der Waals surface area contributed by atoms with Crippen molar-refractivity contribution in [3.8, 4) is 11.1 Å². The zero-order chi connectivity index (χ0) is 26.3. The first-order valence-corrected chi connectivity index (χ1v) is 12.9. The van der Waals surface area contributed by atoms with Crippen molar-refractivity contribution in [3.63, 3.8) is 0 Å². The van der Waals surface area contributed by atoms with Crippen molar-refractivity contribution in [1.82, 2.24) is 19.4 Å². The van der Waals surface area contributed by atoms with Gasteiger partial charge in [0.15, 0.2) is 0 Å². The van der Waals surface area contributed by atoms with E-state index in [0.29, 0.717) is 10.0 Å². The molecule has 5 rings (SSSR count). The minimum Gasteiger partial charge on any atom is -0.335 e. The van der Waals surface area contributed by atoms with Gasteiger partial charge in [0, 0.05) is 41.6 Å². The quantitative estimate of drug-likeness (QED) is 0.271. The molecule has 0 bridgehead atoms. The number of benzene rings is 3. The third-order valence-electron chi connectivity index (χ3n) is 6.80. The summed E-state index contributed by atoms with van der Waals surface area (Å²) in [7, 11) is 3.79. The van der Waals surface area contributed by atoms with Crippen molar-refractivity contribution in [1.29, 1.82) is 0 Å². The van der Waals surface area contributed by atoms with E-state index >= 15 is 0 Å². The Bertz CT molecular complexity index is 1650. The molecule has 0 spiro atoms. The number of nitrogens with zero attached hydrogens (tertiary/aromatic N) is 3. The van der Waals surface area contributed by atoms with Crippen molar-refractivity contribution in [2.75, 3.05) is 0 Å². The lowest BCUT2D eigenvalue weighted by Crippen LogP contribution is -2.49. The molecule has 5 nitrogen and oxygen atoms in total. The van der Waals surface area contributed by atoms with Gasteiger partial charge in [-0.25, -0.2) is 4.98 Å². The summed E-state index contributed by atoms with van der Waals surface area (Å²) < 4.78 is 3.71. The Morgan fingerprint density at radius 2 is 1.62 bits per heavy atom. The molecule has 2 heterocycles. The van der Waals surface area contributed by atoms with Crippen molar-refractivity contribution < 1.29 is 0 Å². The van der Waals surface area contributed by atoms with E-state index in [2.05, 4.69) is 36.3 Å². The van der Waals surface area contributed by atoms with Gasteiger partial charge < -0.3 is 9.13 Å². The van der Waals surface area contributed by atoms with Crippen LogP contribution in [0.15, 0.2) is 90.1 Å². The molecule has 2 aromatic heterocycles. The number of pyridine rings is 1. The van der Waals surface area contributed by atoms with Gasteiger partial charge in [0.1, 0.15) is 5.54 Å². The number of nitrogens with one attached hydrogen (secondary N) is 1. The Hall–Kier alpha value is -3.38. The van der Waals surface area contributed by atoms with Gasteiger partial charge in [-0.15, -0.1) is 0 Å². The normalized spacial score (nSPS) is 13.3. The van der Waals surface area contributed by atoms with Crippen LogP contribution in [-0.2, 0) is 19.6 Å². The fourth-order valence-corrected chi connectivity index (χ4v) is 5.46. The van der Waals surface area contributed by atoms with Crippen molar-refractivity contribution in [3.05, 3.63) is 123 Å². The molecular weight excluding hydrogens is 503 g/mol. The van der Waals surface area contributed by atoms with Crippen LogP contribution in [0, 0.1) is 0 Å². The molecule has 0 saturated carbocycles. The second-order valence-electron chi connectivity index (χ2n) is 9.64. The number of aryl methyl sites for hydroxylation is 2. The van der Waals surface area contributed by atoms with Crippen LogP contribution in [0.5, 0.6) is 0 Å². The average Bonchev–Trinajstić information content (AvgIpc) is 3.31. The number of imidazole rings is 1. The van der Waals surface area contributed by atoms with Crippen LogP contribution in [0.3, 0.4) is 0 Å².